The van der Waals surface area contributed by atoms with E-state index in [1.165, 1.54) is 13.2 Å². The van der Waals surface area contributed by atoms with Crippen LogP contribution in [-0.4, -0.2) is 41.7 Å². The Hall–Kier alpha value is -3.74. The van der Waals surface area contributed by atoms with Crippen LogP contribution in [0.3, 0.4) is 0 Å². The highest BCUT2D eigenvalue weighted by atomic mass is 16.5. The van der Waals surface area contributed by atoms with Crippen LogP contribution >= 0.6 is 0 Å². The molecule has 3 rings (SSSR count). The van der Waals surface area contributed by atoms with Gasteiger partial charge in [-0.3, -0.25) is 19.3 Å². The molecule has 2 aromatic carbocycles. The zero-order chi connectivity index (χ0) is 21.7. The first-order valence-electron chi connectivity index (χ1n) is 9.58. The molecule has 1 heterocycles. The first-order valence-corrected chi connectivity index (χ1v) is 9.58. The maximum Gasteiger partial charge on any atom is 0.354 e. The number of amides is 3. The average Bonchev–Trinajstić information content (AvgIpc) is 3.02. The van der Waals surface area contributed by atoms with Crippen molar-refractivity contribution in [3.8, 4) is 0 Å². The number of nitrogens with one attached hydrogen (secondary N) is 1. The second kappa shape index (κ2) is 9.17. The number of methoxy groups -OCH3 is 1. The summed E-state index contributed by atoms with van der Waals surface area (Å²) in [7, 11) is 1.21. The van der Waals surface area contributed by atoms with Crippen molar-refractivity contribution in [3.63, 3.8) is 0 Å². The van der Waals surface area contributed by atoms with Crippen LogP contribution in [0.15, 0.2) is 66.4 Å². The lowest BCUT2D eigenvalue weighted by molar-refractivity contribution is -0.138. The van der Waals surface area contributed by atoms with Gasteiger partial charge in [0.25, 0.3) is 11.8 Å². The molecule has 0 spiro atoms. The van der Waals surface area contributed by atoms with Gasteiger partial charge in [-0.1, -0.05) is 55.5 Å². The summed E-state index contributed by atoms with van der Waals surface area (Å²) in [6, 6.07) is 14.4. The normalized spacial score (nSPS) is 14.3. The number of hydrogen-bond acceptors (Lipinski definition) is 5. The van der Waals surface area contributed by atoms with Gasteiger partial charge in [0.05, 0.1) is 18.2 Å². The molecular formula is C23H22N2O5. The van der Waals surface area contributed by atoms with Crippen LogP contribution in [0.1, 0.15) is 39.6 Å². The van der Waals surface area contributed by atoms with Gasteiger partial charge in [-0.15, -0.1) is 0 Å². The highest BCUT2D eigenvalue weighted by Gasteiger charge is 2.43. The Labute approximate surface area is 174 Å². The molecule has 0 saturated heterocycles. The van der Waals surface area contributed by atoms with Gasteiger partial charge < -0.3 is 10.1 Å². The van der Waals surface area contributed by atoms with Gasteiger partial charge >= 0.3 is 5.97 Å². The fourth-order valence-electron chi connectivity index (χ4n) is 3.35. The number of benzene rings is 2. The topological polar surface area (TPSA) is 92.8 Å². The summed E-state index contributed by atoms with van der Waals surface area (Å²) in [6.45, 7) is 1.81. The highest BCUT2D eigenvalue weighted by Crippen LogP contribution is 2.26. The smallest absolute Gasteiger partial charge is 0.354 e. The van der Waals surface area contributed by atoms with Crippen molar-refractivity contribution in [2.75, 3.05) is 7.11 Å². The lowest BCUT2D eigenvalue weighted by Crippen LogP contribution is -2.51. The number of carbonyl (C=O) groups excluding carboxylic acids is 4. The predicted molar refractivity (Wildman–Crippen MR) is 109 cm³/mol. The zero-order valence-electron chi connectivity index (χ0n) is 16.8. The molecule has 1 atom stereocenters. The maximum atomic E-state index is 13.2. The minimum absolute atomic E-state index is 0.0281. The Morgan fingerprint density at radius 2 is 1.57 bits per heavy atom. The number of fused-ring (bicyclic) bond motifs is 1. The molecule has 154 valence electrons. The number of ether oxygens (including phenoxy) is 1. The standard InChI is InChI=1S/C23H22N2O5/c1-3-9-18(23(29)30-2)24-20(26)19(14-15-10-5-4-6-11-15)25-21(27)16-12-7-8-13-17(16)22(25)28/h4-13,19H,3,14H2,1-2H3,(H,24,26)/b18-9-/t19-/m0/s1. The first kappa shape index (κ1) is 21.0. The van der Waals surface area contributed by atoms with Gasteiger partial charge in [-0.25, -0.2) is 4.79 Å². The fraction of sp³-hybridized carbons (Fsp3) is 0.217. The van der Waals surface area contributed by atoms with Crippen LogP contribution in [0.2, 0.25) is 0 Å². The molecular weight excluding hydrogens is 384 g/mol. The zero-order valence-corrected chi connectivity index (χ0v) is 16.8. The van der Waals surface area contributed by atoms with Crippen molar-refractivity contribution in [2.45, 2.75) is 25.8 Å². The summed E-state index contributed by atoms with van der Waals surface area (Å²) >= 11 is 0. The average molecular weight is 406 g/mol. The van der Waals surface area contributed by atoms with Crippen LogP contribution in [0.25, 0.3) is 0 Å². The Bertz CT molecular complexity index is 978. The Kier molecular flexibility index (Phi) is 6.41. The second-order valence-electron chi connectivity index (χ2n) is 6.74. The van der Waals surface area contributed by atoms with Crippen molar-refractivity contribution in [2.24, 2.45) is 0 Å². The molecule has 0 bridgehead atoms. The maximum absolute atomic E-state index is 13.2. The lowest BCUT2D eigenvalue weighted by Gasteiger charge is -2.25. The van der Waals surface area contributed by atoms with E-state index < -0.39 is 29.7 Å². The number of rotatable bonds is 7. The molecule has 2 aromatic rings. The monoisotopic (exact) mass is 406 g/mol. The summed E-state index contributed by atoms with van der Waals surface area (Å²) in [5.74, 6) is -2.42. The summed E-state index contributed by atoms with van der Waals surface area (Å²) in [6.07, 6.45) is 2.12. The van der Waals surface area contributed by atoms with Gasteiger partial charge in [0, 0.05) is 6.42 Å². The molecule has 0 unspecified atom stereocenters. The van der Waals surface area contributed by atoms with Crippen LogP contribution in [-0.2, 0) is 20.7 Å². The Morgan fingerprint density at radius 1 is 1.00 bits per heavy atom. The van der Waals surface area contributed by atoms with Crippen molar-refractivity contribution in [1.29, 1.82) is 0 Å². The molecule has 0 aliphatic carbocycles. The number of nitrogens with zero attached hydrogens (tertiary/aromatic N) is 1. The van der Waals surface area contributed by atoms with Crippen molar-refractivity contribution in [3.05, 3.63) is 83.1 Å². The van der Waals surface area contributed by atoms with Crippen molar-refractivity contribution >= 4 is 23.7 Å². The summed E-state index contributed by atoms with van der Waals surface area (Å²) in [5.41, 5.74) is 1.25. The summed E-state index contributed by atoms with van der Waals surface area (Å²) < 4.78 is 4.71. The van der Waals surface area contributed by atoms with Gasteiger partial charge in [-0.05, 0) is 24.1 Å². The van der Waals surface area contributed by atoms with E-state index in [-0.39, 0.29) is 23.2 Å². The van der Waals surface area contributed by atoms with E-state index in [2.05, 4.69) is 5.32 Å². The molecule has 1 aliphatic heterocycles. The van der Waals surface area contributed by atoms with Gasteiger partial charge in [-0.2, -0.15) is 0 Å². The molecule has 30 heavy (non-hydrogen) atoms. The van der Waals surface area contributed by atoms with E-state index in [1.54, 1.807) is 31.2 Å². The molecule has 0 radical (unpaired) electrons. The van der Waals surface area contributed by atoms with E-state index >= 15 is 0 Å². The Morgan fingerprint density at radius 3 is 2.10 bits per heavy atom. The quantitative estimate of drug-likeness (QED) is 0.433. The molecule has 7 heteroatoms. The summed E-state index contributed by atoms with van der Waals surface area (Å²) in [5, 5.41) is 2.54. The lowest BCUT2D eigenvalue weighted by atomic mass is 10.0. The third-order valence-corrected chi connectivity index (χ3v) is 4.78. The molecule has 0 saturated carbocycles. The third-order valence-electron chi connectivity index (χ3n) is 4.78. The molecule has 0 fully saturated rings. The highest BCUT2D eigenvalue weighted by molar-refractivity contribution is 6.23. The van der Waals surface area contributed by atoms with Crippen LogP contribution in [0.5, 0.6) is 0 Å². The molecule has 1 aliphatic rings. The molecule has 3 amide bonds. The van der Waals surface area contributed by atoms with Gasteiger partial charge in [0.2, 0.25) is 5.91 Å². The minimum atomic E-state index is -1.13. The van der Waals surface area contributed by atoms with Crippen LogP contribution in [0, 0.1) is 0 Å². The van der Waals surface area contributed by atoms with Gasteiger partial charge in [0.1, 0.15) is 11.7 Å². The van der Waals surface area contributed by atoms with Crippen molar-refractivity contribution < 1.29 is 23.9 Å². The molecule has 0 aromatic heterocycles. The van der Waals surface area contributed by atoms with Gasteiger partial charge in [0.15, 0.2) is 0 Å². The first-order chi connectivity index (χ1) is 14.5. The van der Waals surface area contributed by atoms with Crippen LogP contribution in [0.4, 0.5) is 0 Å². The van der Waals surface area contributed by atoms with E-state index in [0.29, 0.717) is 6.42 Å². The minimum Gasteiger partial charge on any atom is -0.464 e. The summed E-state index contributed by atoms with van der Waals surface area (Å²) in [4.78, 5) is 52.1. The second-order valence-corrected chi connectivity index (χ2v) is 6.74. The number of allylic oxidation sites excluding steroid dienone is 1. The number of esters is 1. The fourth-order valence-corrected chi connectivity index (χ4v) is 3.35. The Balaban J connectivity index is 1.96. The predicted octanol–water partition coefficient (Wildman–Crippen LogP) is 2.48. The van der Waals surface area contributed by atoms with Crippen LogP contribution < -0.4 is 5.32 Å². The third kappa shape index (κ3) is 4.15. The largest absolute Gasteiger partial charge is 0.464 e. The van der Waals surface area contributed by atoms with E-state index in [0.717, 1.165) is 10.5 Å². The number of hydrogen-bond donors (Lipinski definition) is 1. The number of imide groups is 1. The molecule has 7 nitrogen and oxygen atoms in total. The van der Waals surface area contributed by atoms with E-state index in [9.17, 15) is 19.2 Å². The molecule has 1 N–H and O–H groups in total. The van der Waals surface area contributed by atoms with E-state index in [1.807, 2.05) is 30.3 Å². The van der Waals surface area contributed by atoms with E-state index in [4.69, 9.17) is 4.74 Å². The SMILES string of the molecule is CC/C=C(\NC(=O)[C@H](Cc1ccccc1)N1C(=O)c2ccccc2C1=O)C(=O)OC. The van der Waals surface area contributed by atoms with Crippen molar-refractivity contribution in [1.82, 2.24) is 10.2 Å². The number of carbonyl (C=O) groups is 4.